The Balaban J connectivity index is 6.75. The van der Waals surface area contributed by atoms with Crippen LogP contribution in [0, 0.1) is 11.8 Å². The number of Topliss-reactive ketones (excluding diaryl/α,β-unsaturated/α-hetero) is 5. The lowest BCUT2D eigenvalue weighted by Crippen LogP contribution is -2.66. The van der Waals surface area contributed by atoms with Crippen molar-refractivity contribution in [2.24, 2.45) is 11.8 Å². The fourth-order valence-electron chi connectivity index (χ4n) is 4.43. The summed E-state index contributed by atoms with van der Waals surface area (Å²) in [4.78, 5) is 78.3. The van der Waals surface area contributed by atoms with E-state index in [1.807, 2.05) is 0 Å². The number of hydrogen-bond donors (Lipinski definition) is 7. The number of likely N-dealkylation sites (N-methyl/N-ethyl adjacent to an activating group) is 3. The van der Waals surface area contributed by atoms with Crippen molar-refractivity contribution in [3.8, 4) is 0 Å². The van der Waals surface area contributed by atoms with Crippen LogP contribution in [0.2, 0.25) is 0 Å². The van der Waals surface area contributed by atoms with Gasteiger partial charge in [0.1, 0.15) is 0 Å². The van der Waals surface area contributed by atoms with Crippen LogP contribution >= 0.6 is 0 Å². The normalized spacial score (nSPS) is 19.3. The minimum absolute atomic E-state index is 0.0242. The maximum Gasteiger partial charge on any atom is 0.344 e. The predicted molar refractivity (Wildman–Crippen MR) is 146 cm³/mol. The molecule has 0 aromatic carbocycles. The molecule has 7 atom stereocenters. The maximum absolute atomic E-state index is 13.6. The topological polar surface area (TPSA) is 219 Å². The zero-order valence-corrected chi connectivity index (χ0v) is 25.0. The van der Waals surface area contributed by atoms with E-state index >= 15 is 0 Å². The Morgan fingerprint density at radius 2 is 1.30 bits per heavy atom. The maximum atomic E-state index is 13.6. The van der Waals surface area contributed by atoms with Gasteiger partial charge in [-0.05, 0) is 53.2 Å². The first kappa shape index (κ1) is 37.6. The van der Waals surface area contributed by atoms with Crippen LogP contribution in [0.1, 0.15) is 67.2 Å². The summed E-state index contributed by atoms with van der Waals surface area (Å²) in [5.41, 5.74) is -9.93. The van der Waals surface area contributed by atoms with Gasteiger partial charge in [0, 0.05) is 0 Å². The molecule has 0 aliphatic carbocycles. The van der Waals surface area contributed by atoms with Gasteiger partial charge in [0.2, 0.25) is 11.4 Å². The van der Waals surface area contributed by atoms with Gasteiger partial charge in [-0.15, -0.1) is 0 Å². The van der Waals surface area contributed by atoms with Gasteiger partial charge in [-0.25, -0.2) is 4.79 Å². The Morgan fingerprint density at radius 3 is 1.68 bits per heavy atom. The van der Waals surface area contributed by atoms with Crippen LogP contribution in [-0.4, -0.2) is 111 Å². The van der Waals surface area contributed by atoms with Crippen LogP contribution in [0.25, 0.3) is 0 Å². The van der Waals surface area contributed by atoms with Crippen molar-refractivity contribution < 1.29 is 49.2 Å². The summed E-state index contributed by atoms with van der Waals surface area (Å²) in [6.07, 6.45) is -2.14. The Labute approximate surface area is 235 Å². The molecule has 0 aliphatic rings. The molecule has 0 fully saturated rings. The van der Waals surface area contributed by atoms with Crippen LogP contribution in [0.5, 0.6) is 0 Å². The third-order valence-electron chi connectivity index (χ3n) is 7.45. The molecule has 0 amide bonds. The standard InChI is InChI=1S/C27H47N3O10/c1-10-15(4)20(30-9)18(31)12-27(40,24(36)37)23(35)26(39,21(33)16(5)28-7)13-19(32)25(6,38)22(34)17(29-8)11-14(2)3/h14-17,20,28-30,38-40H,10-13H2,1-9H3,(H,36,37)/t15-,16+,17+,20+,25?,26?,27?/m1/s1. The van der Waals surface area contributed by atoms with Crippen LogP contribution < -0.4 is 16.0 Å². The fraction of sp³-hybridized carbons (Fsp3) is 0.778. The summed E-state index contributed by atoms with van der Waals surface area (Å²) in [5, 5.41) is 51.0. The average molecular weight is 574 g/mol. The van der Waals surface area contributed by atoms with Crippen LogP contribution in [-0.2, 0) is 28.8 Å². The van der Waals surface area contributed by atoms with Gasteiger partial charge in [-0.3, -0.25) is 24.0 Å². The highest BCUT2D eigenvalue weighted by Crippen LogP contribution is 2.30. The van der Waals surface area contributed by atoms with Crippen molar-refractivity contribution in [1.29, 1.82) is 0 Å². The Kier molecular flexibility index (Phi) is 14.1. The van der Waals surface area contributed by atoms with E-state index in [0.29, 0.717) is 6.42 Å². The number of aliphatic carboxylic acids is 1. The second kappa shape index (κ2) is 15.0. The minimum atomic E-state index is -3.61. The van der Waals surface area contributed by atoms with Crippen molar-refractivity contribution in [2.75, 3.05) is 21.1 Å². The van der Waals surface area contributed by atoms with Gasteiger partial charge in [-0.1, -0.05) is 34.1 Å². The number of ketones is 5. The van der Waals surface area contributed by atoms with Gasteiger partial charge in [-0.2, -0.15) is 0 Å². The second-order valence-electron chi connectivity index (χ2n) is 11.0. The molecular formula is C27H47N3O10. The van der Waals surface area contributed by atoms with E-state index in [1.165, 1.54) is 28.1 Å². The van der Waals surface area contributed by atoms with Gasteiger partial charge in [0.15, 0.2) is 34.3 Å². The molecule has 0 rings (SSSR count). The van der Waals surface area contributed by atoms with Crippen molar-refractivity contribution in [3.05, 3.63) is 0 Å². The molecule has 13 nitrogen and oxygen atoms in total. The third-order valence-corrected chi connectivity index (χ3v) is 7.45. The van der Waals surface area contributed by atoms with Crippen molar-refractivity contribution >= 4 is 34.9 Å². The Bertz CT molecular complexity index is 966. The average Bonchev–Trinajstić information content (AvgIpc) is 2.89. The predicted octanol–water partition coefficient (Wildman–Crippen LogP) is -1.21. The third kappa shape index (κ3) is 8.30. The first-order valence-corrected chi connectivity index (χ1v) is 13.3. The summed E-state index contributed by atoms with van der Waals surface area (Å²) in [5.74, 6) is -9.35. The fourth-order valence-corrected chi connectivity index (χ4v) is 4.43. The number of aliphatic hydroxyl groups is 3. The Hall–Kier alpha value is -2.42. The van der Waals surface area contributed by atoms with Gasteiger partial charge < -0.3 is 36.4 Å². The number of hydrogen-bond acceptors (Lipinski definition) is 12. The lowest BCUT2D eigenvalue weighted by atomic mass is 9.72. The largest absolute Gasteiger partial charge is 0.479 e. The van der Waals surface area contributed by atoms with Crippen LogP contribution in [0.3, 0.4) is 0 Å². The first-order valence-electron chi connectivity index (χ1n) is 13.3. The molecule has 7 N–H and O–H groups in total. The zero-order chi connectivity index (χ0) is 31.8. The highest BCUT2D eigenvalue weighted by Gasteiger charge is 2.61. The zero-order valence-electron chi connectivity index (χ0n) is 25.0. The molecule has 0 bridgehead atoms. The number of carbonyl (C=O) groups is 6. The summed E-state index contributed by atoms with van der Waals surface area (Å²) >= 11 is 0. The minimum Gasteiger partial charge on any atom is -0.479 e. The quantitative estimate of drug-likeness (QED) is 0.0851. The monoisotopic (exact) mass is 573 g/mol. The van der Waals surface area contributed by atoms with Crippen molar-refractivity contribution in [2.45, 2.75) is 102 Å². The number of carboxylic acids is 1. The number of carboxylic acid groups (broad SMARTS) is 1. The number of nitrogens with one attached hydrogen (secondary N) is 3. The van der Waals surface area contributed by atoms with E-state index in [0.717, 1.165) is 6.92 Å². The van der Waals surface area contributed by atoms with E-state index < -0.39 is 82.7 Å². The number of carbonyl (C=O) groups excluding carboxylic acids is 5. The van der Waals surface area contributed by atoms with Gasteiger partial charge in [0.05, 0.1) is 31.0 Å². The summed E-state index contributed by atoms with van der Waals surface area (Å²) in [6.45, 7) is 9.11. The molecule has 0 aromatic rings. The van der Waals surface area contributed by atoms with E-state index in [2.05, 4.69) is 16.0 Å². The van der Waals surface area contributed by atoms with E-state index in [4.69, 9.17) is 0 Å². The van der Waals surface area contributed by atoms with E-state index in [9.17, 15) is 49.2 Å². The molecule has 230 valence electrons. The SMILES string of the molecule is CC[C@@H](C)[C@H](NC)C(=O)CC(O)(C(=O)O)C(=O)C(O)(CC(=O)C(C)(O)C(=O)[C@H](CC(C)C)NC)C(=O)[C@H](C)NC. The highest BCUT2D eigenvalue weighted by atomic mass is 16.4. The summed E-state index contributed by atoms with van der Waals surface area (Å²) < 4.78 is 0. The van der Waals surface area contributed by atoms with Gasteiger partial charge >= 0.3 is 5.97 Å². The molecular weight excluding hydrogens is 526 g/mol. The molecule has 0 saturated heterocycles. The summed E-state index contributed by atoms with van der Waals surface area (Å²) in [7, 11) is 4.15. The van der Waals surface area contributed by atoms with E-state index in [-0.39, 0.29) is 18.3 Å². The first-order chi connectivity index (χ1) is 18.2. The van der Waals surface area contributed by atoms with E-state index in [1.54, 1.807) is 27.7 Å². The molecule has 0 spiro atoms. The van der Waals surface area contributed by atoms with Crippen molar-refractivity contribution in [1.82, 2.24) is 16.0 Å². The Morgan fingerprint density at radius 1 is 0.775 bits per heavy atom. The lowest BCUT2D eigenvalue weighted by Gasteiger charge is -2.35. The van der Waals surface area contributed by atoms with Crippen molar-refractivity contribution in [3.63, 3.8) is 0 Å². The van der Waals surface area contributed by atoms with Crippen LogP contribution in [0.4, 0.5) is 0 Å². The molecule has 0 aliphatic heterocycles. The lowest BCUT2D eigenvalue weighted by molar-refractivity contribution is -0.181. The highest BCUT2D eigenvalue weighted by molar-refractivity contribution is 6.25. The smallest absolute Gasteiger partial charge is 0.344 e. The molecule has 0 heterocycles. The molecule has 3 unspecified atom stereocenters. The molecule has 0 aromatic heterocycles. The second-order valence-corrected chi connectivity index (χ2v) is 11.0. The van der Waals surface area contributed by atoms with Gasteiger partial charge in [0.25, 0.3) is 0 Å². The molecule has 0 radical (unpaired) electrons. The van der Waals surface area contributed by atoms with Crippen LogP contribution in [0.15, 0.2) is 0 Å². The molecule has 40 heavy (non-hydrogen) atoms. The summed E-state index contributed by atoms with van der Waals surface area (Å²) in [6, 6.07) is -3.31. The molecule has 13 heteroatoms. The number of rotatable bonds is 20. The molecule has 0 saturated carbocycles.